The van der Waals surface area contributed by atoms with E-state index in [9.17, 15) is 29.4 Å². The molecule has 0 saturated carbocycles. The average molecular weight is 553 g/mol. The van der Waals surface area contributed by atoms with E-state index in [1.165, 1.54) is 24.1 Å². The zero-order valence-corrected chi connectivity index (χ0v) is 22.7. The predicted octanol–water partition coefficient (Wildman–Crippen LogP) is 0.207. The molecule has 40 heavy (non-hydrogen) atoms. The smallest absolute Gasteiger partial charge is 0.255 e. The van der Waals surface area contributed by atoms with E-state index in [-0.39, 0.29) is 36.9 Å². The second-order valence-corrected chi connectivity index (χ2v) is 10.5. The van der Waals surface area contributed by atoms with Crippen LogP contribution in [0.4, 0.5) is 0 Å². The second-order valence-electron chi connectivity index (χ2n) is 10.5. The van der Waals surface area contributed by atoms with Gasteiger partial charge < -0.3 is 35.8 Å². The van der Waals surface area contributed by atoms with Crippen LogP contribution >= 0.6 is 0 Å². The standard InChI is InChI=1S/C29H36N4O7/c1-16-25(35)21(13-18-9-5-4-6-10-18)30-28(38)23(31-27(37)20-11-7-8-12-22(20)34)17(2)33(3)29(39)24(32-26(16)36)19-14-40-15-19/h4-12,16-17,19,21,23-25,34-35H,13-15H2,1-3H3,(H,30,38)(H,31,37)(H,32,36)/t16-,17-,21+,23+,24?,25+/m1/s1. The highest BCUT2D eigenvalue weighted by atomic mass is 16.5. The molecule has 1 unspecified atom stereocenters. The van der Waals surface area contributed by atoms with Gasteiger partial charge in [-0.3, -0.25) is 19.2 Å². The number of hydrogen-bond acceptors (Lipinski definition) is 7. The van der Waals surface area contributed by atoms with Gasteiger partial charge in [0.1, 0.15) is 17.8 Å². The first-order chi connectivity index (χ1) is 19.1. The zero-order valence-electron chi connectivity index (χ0n) is 22.7. The number of rotatable bonds is 5. The van der Waals surface area contributed by atoms with Gasteiger partial charge in [-0.25, -0.2) is 0 Å². The topological polar surface area (TPSA) is 157 Å². The van der Waals surface area contributed by atoms with E-state index < -0.39 is 59.8 Å². The molecule has 4 rings (SSSR count). The molecule has 0 bridgehead atoms. The van der Waals surface area contributed by atoms with Crippen LogP contribution in [0.2, 0.25) is 0 Å². The van der Waals surface area contributed by atoms with Crippen molar-refractivity contribution in [2.75, 3.05) is 20.3 Å². The molecule has 2 aliphatic heterocycles. The molecule has 0 radical (unpaired) electrons. The molecule has 2 saturated heterocycles. The molecule has 5 N–H and O–H groups in total. The fourth-order valence-corrected chi connectivity index (χ4v) is 4.95. The minimum absolute atomic E-state index is 0.0335. The van der Waals surface area contributed by atoms with Crippen LogP contribution in [-0.2, 0) is 25.5 Å². The van der Waals surface area contributed by atoms with E-state index in [0.29, 0.717) is 0 Å². The number of likely N-dealkylation sites (N-methyl/N-ethyl adjacent to an activating group) is 1. The van der Waals surface area contributed by atoms with Gasteiger partial charge in [0.15, 0.2) is 0 Å². The lowest BCUT2D eigenvalue weighted by molar-refractivity contribution is -0.148. The highest BCUT2D eigenvalue weighted by Crippen LogP contribution is 2.22. The van der Waals surface area contributed by atoms with Gasteiger partial charge in [0.05, 0.1) is 42.9 Å². The largest absolute Gasteiger partial charge is 0.507 e. The number of aliphatic hydroxyl groups is 1. The number of carbonyl (C=O) groups excluding carboxylic acids is 4. The maximum absolute atomic E-state index is 13.8. The summed E-state index contributed by atoms with van der Waals surface area (Å²) in [5.74, 6) is -3.83. The number of nitrogens with zero attached hydrogens (tertiary/aromatic N) is 1. The number of carbonyl (C=O) groups is 4. The molecule has 4 amide bonds. The minimum Gasteiger partial charge on any atom is -0.507 e. The summed E-state index contributed by atoms with van der Waals surface area (Å²) in [6, 6.07) is 11.2. The third-order valence-electron chi connectivity index (χ3n) is 7.82. The van der Waals surface area contributed by atoms with Crippen LogP contribution in [-0.4, -0.2) is 89.3 Å². The maximum atomic E-state index is 13.8. The summed E-state index contributed by atoms with van der Waals surface area (Å²) in [7, 11) is 1.50. The van der Waals surface area contributed by atoms with Gasteiger partial charge in [0.2, 0.25) is 17.7 Å². The van der Waals surface area contributed by atoms with E-state index in [1.807, 2.05) is 30.3 Å². The predicted molar refractivity (Wildman–Crippen MR) is 145 cm³/mol. The van der Waals surface area contributed by atoms with Crippen molar-refractivity contribution >= 4 is 23.6 Å². The number of nitrogens with one attached hydrogen (secondary N) is 3. The van der Waals surface area contributed by atoms with E-state index in [2.05, 4.69) is 16.0 Å². The van der Waals surface area contributed by atoms with Gasteiger partial charge in [0.25, 0.3) is 5.91 Å². The van der Waals surface area contributed by atoms with E-state index in [1.54, 1.807) is 26.0 Å². The molecular weight excluding hydrogens is 516 g/mol. The number of hydrogen-bond donors (Lipinski definition) is 5. The van der Waals surface area contributed by atoms with E-state index >= 15 is 0 Å². The van der Waals surface area contributed by atoms with Gasteiger partial charge in [-0.1, -0.05) is 49.4 Å². The number of phenols is 1. The quantitative estimate of drug-likeness (QED) is 0.355. The number of aliphatic hydroxyl groups excluding tert-OH is 1. The minimum atomic E-state index is -1.31. The summed E-state index contributed by atoms with van der Waals surface area (Å²) < 4.78 is 5.27. The summed E-state index contributed by atoms with van der Waals surface area (Å²) in [6.07, 6.45) is -1.09. The fraction of sp³-hybridized carbons (Fsp3) is 0.448. The fourth-order valence-electron chi connectivity index (χ4n) is 4.95. The van der Waals surface area contributed by atoms with Crippen molar-refractivity contribution in [2.24, 2.45) is 11.8 Å². The maximum Gasteiger partial charge on any atom is 0.255 e. The molecule has 11 nitrogen and oxygen atoms in total. The third-order valence-corrected chi connectivity index (χ3v) is 7.82. The molecule has 0 aliphatic carbocycles. The molecule has 2 aromatic carbocycles. The Bertz CT molecular complexity index is 1240. The molecule has 0 aromatic heterocycles. The van der Waals surface area contributed by atoms with Crippen molar-refractivity contribution in [3.63, 3.8) is 0 Å². The first kappa shape index (κ1) is 29.0. The number of ether oxygens (including phenoxy) is 1. The van der Waals surface area contributed by atoms with Crippen LogP contribution in [0.15, 0.2) is 54.6 Å². The first-order valence-corrected chi connectivity index (χ1v) is 13.3. The lowest BCUT2D eigenvalue weighted by atomic mass is 9.89. The first-order valence-electron chi connectivity index (χ1n) is 13.3. The molecule has 2 heterocycles. The molecule has 214 valence electrons. The van der Waals surface area contributed by atoms with Gasteiger partial charge >= 0.3 is 0 Å². The van der Waals surface area contributed by atoms with Crippen LogP contribution < -0.4 is 16.0 Å². The molecule has 6 atom stereocenters. The van der Waals surface area contributed by atoms with Gasteiger partial charge in [-0.15, -0.1) is 0 Å². The normalized spacial score (nSPS) is 28.4. The third kappa shape index (κ3) is 6.26. The average Bonchev–Trinajstić information content (AvgIpc) is 2.92. The number of phenolic OH excluding ortho intramolecular Hbond substituents is 1. The van der Waals surface area contributed by atoms with Crippen LogP contribution in [0, 0.1) is 11.8 Å². The van der Waals surface area contributed by atoms with Gasteiger partial charge in [-0.2, -0.15) is 0 Å². The summed E-state index contributed by atoms with van der Waals surface area (Å²) in [4.78, 5) is 55.1. The van der Waals surface area contributed by atoms with Crippen molar-refractivity contribution in [3.05, 3.63) is 65.7 Å². The molecule has 0 spiro atoms. The van der Waals surface area contributed by atoms with Crippen molar-refractivity contribution in [3.8, 4) is 5.75 Å². The summed E-state index contributed by atoms with van der Waals surface area (Å²) in [5.41, 5.74) is 0.792. The van der Waals surface area contributed by atoms with Crippen molar-refractivity contribution in [1.29, 1.82) is 0 Å². The summed E-state index contributed by atoms with van der Waals surface area (Å²) in [6.45, 7) is 3.71. The molecule has 2 aliphatic rings. The highest BCUT2D eigenvalue weighted by Gasteiger charge is 2.43. The summed E-state index contributed by atoms with van der Waals surface area (Å²) in [5, 5.41) is 29.8. The Morgan fingerprint density at radius 3 is 2.27 bits per heavy atom. The molecule has 2 aromatic rings. The van der Waals surface area contributed by atoms with Crippen LogP contribution in [0.25, 0.3) is 0 Å². The number of para-hydroxylation sites is 1. The monoisotopic (exact) mass is 552 g/mol. The Labute approximate surface area is 232 Å². The Morgan fingerprint density at radius 2 is 1.65 bits per heavy atom. The number of benzene rings is 2. The second kappa shape index (κ2) is 12.5. The van der Waals surface area contributed by atoms with Crippen molar-refractivity contribution in [2.45, 2.75) is 50.5 Å². The summed E-state index contributed by atoms with van der Waals surface area (Å²) >= 11 is 0. The number of amides is 4. The van der Waals surface area contributed by atoms with Crippen molar-refractivity contribution < 1.29 is 34.1 Å². The van der Waals surface area contributed by atoms with Gasteiger partial charge in [-0.05, 0) is 31.0 Å². The molecule has 11 heteroatoms. The molecule has 2 fully saturated rings. The lowest BCUT2D eigenvalue weighted by Crippen LogP contribution is -2.65. The number of aromatic hydroxyl groups is 1. The Kier molecular flexibility index (Phi) is 9.06. The Hall–Kier alpha value is -3.96. The SMILES string of the molecule is C[C@@H]1[C@H](NC(=O)c2ccccc2O)C(=O)N[C@@H](Cc2ccccc2)[C@@H](O)[C@@H](C)C(=O)NC(C2COC2)C(=O)N1C. The Balaban J connectivity index is 1.71. The van der Waals surface area contributed by atoms with E-state index in [4.69, 9.17) is 4.74 Å². The lowest BCUT2D eigenvalue weighted by Gasteiger charge is -2.40. The zero-order chi connectivity index (χ0) is 29.0. The van der Waals surface area contributed by atoms with E-state index in [0.717, 1.165) is 5.56 Å². The van der Waals surface area contributed by atoms with Crippen LogP contribution in [0.1, 0.15) is 29.8 Å². The van der Waals surface area contributed by atoms with Gasteiger partial charge in [0, 0.05) is 13.0 Å². The van der Waals surface area contributed by atoms with Crippen LogP contribution in [0.3, 0.4) is 0 Å². The van der Waals surface area contributed by atoms with Crippen LogP contribution in [0.5, 0.6) is 5.75 Å². The molecular formula is C29H36N4O7. The Morgan fingerprint density at radius 1 is 1.00 bits per heavy atom. The van der Waals surface area contributed by atoms with Crippen molar-refractivity contribution in [1.82, 2.24) is 20.9 Å². The highest BCUT2D eigenvalue weighted by molar-refractivity contribution is 6.00.